The topological polar surface area (TPSA) is 62.3 Å². The number of thiophene rings is 1. The van der Waals surface area contributed by atoms with Gasteiger partial charge in [0.1, 0.15) is 11.5 Å². The van der Waals surface area contributed by atoms with Gasteiger partial charge in [0.05, 0.1) is 20.3 Å². The van der Waals surface area contributed by atoms with Crippen LogP contribution in [0.3, 0.4) is 0 Å². The summed E-state index contributed by atoms with van der Waals surface area (Å²) in [6, 6.07) is 18.2. The summed E-state index contributed by atoms with van der Waals surface area (Å²) in [5.74, 6) is 1.24. The Balaban J connectivity index is 1.18. The normalized spacial score (nSPS) is 17.8. The molecule has 2 amide bonds. The molecule has 5 rings (SSSR count). The average molecular weight is 520 g/mol. The van der Waals surface area contributed by atoms with E-state index in [0.717, 1.165) is 19.5 Å². The summed E-state index contributed by atoms with van der Waals surface area (Å²) in [5.41, 5.74) is 3.17. The van der Waals surface area contributed by atoms with Gasteiger partial charge in [0.25, 0.3) is 5.91 Å². The molecular formula is C29H33N3O4S. The van der Waals surface area contributed by atoms with Crippen LogP contribution >= 0.6 is 11.3 Å². The molecule has 194 valence electrons. The fourth-order valence-electron chi connectivity index (χ4n) is 5.30. The Hall–Kier alpha value is -3.36. The molecule has 0 spiro atoms. The van der Waals surface area contributed by atoms with Crippen molar-refractivity contribution in [3.05, 3.63) is 81.5 Å². The molecule has 3 aromatic rings. The van der Waals surface area contributed by atoms with Crippen LogP contribution in [0.2, 0.25) is 0 Å². The summed E-state index contributed by atoms with van der Waals surface area (Å²) in [6.07, 6.45) is 1.50. The molecule has 2 aromatic carbocycles. The van der Waals surface area contributed by atoms with Crippen molar-refractivity contribution in [2.24, 2.45) is 0 Å². The number of ether oxygens (including phenoxy) is 2. The fraction of sp³-hybridized carbons (Fsp3) is 0.379. The van der Waals surface area contributed by atoms with Crippen molar-refractivity contribution in [3.8, 4) is 11.5 Å². The number of amides is 2. The van der Waals surface area contributed by atoms with E-state index in [2.05, 4.69) is 40.6 Å². The lowest BCUT2D eigenvalue weighted by Crippen LogP contribution is -2.51. The molecule has 37 heavy (non-hydrogen) atoms. The highest BCUT2D eigenvalue weighted by atomic mass is 32.1. The molecule has 1 fully saturated rings. The molecule has 8 heteroatoms. The number of hydrogen-bond donors (Lipinski definition) is 0. The Bertz CT molecular complexity index is 1210. The molecule has 7 nitrogen and oxygen atoms in total. The maximum atomic E-state index is 13.2. The van der Waals surface area contributed by atoms with Gasteiger partial charge in [0, 0.05) is 62.2 Å². The van der Waals surface area contributed by atoms with Gasteiger partial charge in [-0.25, -0.2) is 0 Å². The van der Waals surface area contributed by atoms with Crippen molar-refractivity contribution in [2.45, 2.75) is 18.9 Å². The van der Waals surface area contributed by atoms with Gasteiger partial charge in [-0.05, 0) is 41.1 Å². The zero-order valence-electron chi connectivity index (χ0n) is 21.4. The highest BCUT2D eigenvalue weighted by Gasteiger charge is 2.31. The van der Waals surface area contributed by atoms with Crippen molar-refractivity contribution in [1.82, 2.24) is 14.7 Å². The van der Waals surface area contributed by atoms with E-state index in [1.165, 1.54) is 16.0 Å². The first-order valence-electron chi connectivity index (χ1n) is 12.7. The summed E-state index contributed by atoms with van der Waals surface area (Å²) >= 11 is 1.83. The van der Waals surface area contributed by atoms with Crippen LogP contribution in [-0.4, -0.2) is 80.0 Å². The number of fused-ring (bicyclic) bond motifs is 1. The van der Waals surface area contributed by atoms with Crippen molar-refractivity contribution in [2.75, 3.05) is 53.5 Å². The smallest absolute Gasteiger partial charge is 0.254 e. The van der Waals surface area contributed by atoms with E-state index in [1.54, 1.807) is 37.3 Å². The molecule has 0 saturated carbocycles. The van der Waals surface area contributed by atoms with Crippen molar-refractivity contribution in [3.63, 3.8) is 0 Å². The Kier molecular flexibility index (Phi) is 7.76. The monoisotopic (exact) mass is 519 g/mol. The van der Waals surface area contributed by atoms with Gasteiger partial charge in [-0.1, -0.05) is 30.3 Å². The second kappa shape index (κ2) is 11.4. The summed E-state index contributed by atoms with van der Waals surface area (Å²) in [5, 5.41) is 2.18. The van der Waals surface area contributed by atoms with E-state index in [1.807, 2.05) is 22.3 Å². The van der Waals surface area contributed by atoms with Crippen molar-refractivity contribution >= 4 is 23.2 Å². The minimum atomic E-state index is -0.0742. The second-order valence-electron chi connectivity index (χ2n) is 9.42. The molecular weight excluding hydrogens is 486 g/mol. The number of hydrogen-bond acceptors (Lipinski definition) is 6. The van der Waals surface area contributed by atoms with Crippen LogP contribution in [0, 0.1) is 0 Å². The summed E-state index contributed by atoms with van der Waals surface area (Å²) < 4.78 is 10.6. The molecule has 1 atom stereocenters. The predicted octanol–water partition coefficient (Wildman–Crippen LogP) is 4.09. The molecule has 0 unspecified atom stereocenters. The first-order valence-corrected chi connectivity index (χ1v) is 13.6. The van der Waals surface area contributed by atoms with Crippen LogP contribution < -0.4 is 9.47 Å². The Morgan fingerprint density at radius 2 is 1.57 bits per heavy atom. The fourth-order valence-corrected chi connectivity index (χ4v) is 6.21. The highest BCUT2D eigenvalue weighted by molar-refractivity contribution is 7.10. The van der Waals surface area contributed by atoms with E-state index < -0.39 is 0 Å². The number of carbonyl (C=O) groups excluding carboxylic acids is 2. The average Bonchev–Trinajstić information content (AvgIpc) is 3.44. The predicted molar refractivity (Wildman–Crippen MR) is 145 cm³/mol. The quantitative estimate of drug-likeness (QED) is 0.471. The van der Waals surface area contributed by atoms with Crippen LogP contribution in [0.25, 0.3) is 0 Å². The maximum Gasteiger partial charge on any atom is 0.254 e. The molecule has 0 aliphatic carbocycles. The zero-order valence-corrected chi connectivity index (χ0v) is 22.2. The second-order valence-corrected chi connectivity index (χ2v) is 10.4. The summed E-state index contributed by atoms with van der Waals surface area (Å²) in [4.78, 5) is 33.8. The zero-order chi connectivity index (χ0) is 25.8. The third-order valence-electron chi connectivity index (χ3n) is 7.31. The van der Waals surface area contributed by atoms with Crippen LogP contribution in [0.1, 0.15) is 38.8 Å². The van der Waals surface area contributed by atoms with E-state index >= 15 is 0 Å². The van der Waals surface area contributed by atoms with E-state index in [4.69, 9.17) is 9.47 Å². The Labute approximate surface area is 222 Å². The van der Waals surface area contributed by atoms with Gasteiger partial charge in [-0.15, -0.1) is 11.3 Å². The van der Waals surface area contributed by atoms with Crippen molar-refractivity contribution < 1.29 is 19.1 Å². The minimum Gasteiger partial charge on any atom is -0.497 e. The summed E-state index contributed by atoms with van der Waals surface area (Å²) in [6.45, 7) is 3.78. The molecule has 1 aromatic heterocycles. The number of carbonyl (C=O) groups is 2. The summed E-state index contributed by atoms with van der Waals surface area (Å²) in [7, 11) is 3.14. The minimum absolute atomic E-state index is 0.0742. The molecule has 0 bridgehead atoms. The Morgan fingerprint density at radius 3 is 2.24 bits per heavy atom. The van der Waals surface area contributed by atoms with Gasteiger partial charge in [-0.3, -0.25) is 14.5 Å². The van der Waals surface area contributed by atoms with Crippen LogP contribution in [0.5, 0.6) is 11.5 Å². The third-order valence-corrected chi connectivity index (χ3v) is 8.31. The van der Waals surface area contributed by atoms with Crippen molar-refractivity contribution in [1.29, 1.82) is 0 Å². The molecule has 2 aliphatic heterocycles. The van der Waals surface area contributed by atoms with E-state index in [9.17, 15) is 9.59 Å². The molecule has 0 radical (unpaired) electrons. The van der Waals surface area contributed by atoms with Gasteiger partial charge < -0.3 is 19.3 Å². The van der Waals surface area contributed by atoms with Gasteiger partial charge in [0.15, 0.2) is 0 Å². The first kappa shape index (κ1) is 25.3. The lowest BCUT2D eigenvalue weighted by Gasteiger charge is -2.38. The molecule has 1 saturated heterocycles. The van der Waals surface area contributed by atoms with Crippen LogP contribution in [-0.2, 0) is 11.2 Å². The Morgan fingerprint density at radius 1 is 0.892 bits per heavy atom. The molecule has 2 aliphatic rings. The first-order chi connectivity index (χ1) is 18.1. The van der Waals surface area contributed by atoms with Gasteiger partial charge >= 0.3 is 0 Å². The molecule has 0 N–H and O–H groups in total. The highest BCUT2D eigenvalue weighted by Crippen LogP contribution is 2.37. The number of methoxy groups -OCH3 is 2. The molecule has 3 heterocycles. The lowest BCUT2D eigenvalue weighted by molar-refractivity contribution is -0.133. The van der Waals surface area contributed by atoms with E-state index in [-0.39, 0.29) is 17.9 Å². The number of piperazine rings is 1. The number of benzene rings is 2. The number of rotatable bonds is 7. The van der Waals surface area contributed by atoms with Gasteiger partial charge in [-0.2, -0.15) is 0 Å². The SMILES string of the molecule is COc1cc(OC)cc(C(=O)N2CCN(C(=O)CCN3CCc4sccc4[C@@H]3c3ccccc3)CC2)c1. The van der Waals surface area contributed by atoms with Gasteiger partial charge in [0.2, 0.25) is 5.91 Å². The van der Waals surface area contributed by atoms with E-state index in [0.29, 0.717) is 49.7 Å². The number of nitrogens with zero attached hydrogens (tertiary/aromatic N) is 3. The van der Waals surface area contributed by atoms with Crippen LogP contribution in [0.15, 0.2) is 60.0 Å². The third kappa shape index (κ3) is 5.50. The lowest BCUT2D eigenvalue weighted by atomic mass is 9.93. The standard InChI is InChI=1S/C29H33N3O4S/c1-35-23-18-22(19-24(20-23)36-2)29(34)32-15-13-30(14-16-32)27(33)9-12-31-11-8-26-25(10-17-37-26)28(31)21-6-4-3-5-7-21/h3-7,10,17-20,28H,8-9,11-16H2,1-2H3/t28-/m0/s1. The largest absolute Gasteiger partial charge is 0.497 e. The maximum absolute atomic E-state index is 13.2. The van der Waals surface area contributed by atoms with Crippen LogP contribution in [0.4, 0.5) is 0 Å².